The van der Waals surface area contributed by atoms with Crippen molar-refractivity contribution in [3.8, 4) is 0 Å². The van der Waals surface area contributed by atoms with E-state index in [0.717, 1.165) is 6.08 Å². The normalized spacial score (nSPS) is 9.92. The first-order valence-corrected chi connectivity index (χ1v) is 3.65. The lowest BCUT2D eigenvalue weighted by atomic mass is 10.3. The third-order valence-electron chi connectivity index (χ3n) is 1.13. The fraction of sp³-hybridized carbons (Fsp3) is 0.375. The molecule has 0 rings (SSSR count). The lowest BCUT2D eigenvalue weighted by molar-refractivity contribution is -0.143. The molecule has 0 aliphatic carbocycles. The number of ketones is 1. The van der Waals surface area contributed by atoms with Gasteiger partial charge in [0.1, 0.15) is 6.61 Å². The van der Waals surface area contributed by atoms with Crippen LogP contribution in [0.3, 0.4) is 0 Å². The zero-order valence-electron chi connectivity index (χ0n) is 7.15. The van der Waals surface area contributed by atoms with Gasteiger partial charge in [-0.05, 0) is 0 Å². The summed E-state index contributed by atoms with van der Waals surface area (Å²) >= 11 is 0. The van der Waals surface area contributed by atoms with E-state index in [4.69, 9.17) is 5.11 Å². The molecular weight excluding hydrogens is 176 g/mol. The first kappa shape index (κ1) is 11.4. The molecule has 5 heteroatoms. The molecule has 0 fully saturated rings. The summed E-state index contributed by atoms with van der Waals surface area (Å²) in [6, 6.07) is 0. The van der Waals surface area contributed by atoms with E-state index < -0.39 is 11.9 Å². The van der Waals surface area contributed by atoms with E-state index in [2.05, 4.69) is 4.74 Å². The Labute approximate surface area is 75.0 Å². The standard InChI is InChI=1S/C8H10O5/c1-2-6(9)5-13-8(12)4-3-7(10)11/h3-4H,2,5H2,1H3,(H,10,11)/b4-3+. The predicted octanol–water partition coefficient (Wildman–Crippen LogP) is 0.149. The molecule has 5 nitrogen and oxygen atoms in total. The third-order valence-corrected chi connectivity index (χ3v) is 1.13. The molecule has 13 heavy (non-hydrogen) atoms. The Morgan fingerprint density at radius 3 is 2.38 bits per heavy atom. The number of ether oxygens (including phenoxy) is 1. The number of hydrogen-bond acceptors (Lipinski definition) is 4. The highest BCUT2D eigenvalue weighted by Crippen LogP contribution is 1.86. The Bertz CT molecular complexity index is 241. The van der Waals surface area contributed by atoms with Crippen LogP contribution < -0.4 is 0 Å². The second kappa shape index (κ2) is 5.93. The molecule has 0 saturated carbocycles. The monoisotopic (exact) mass is 186 g/mol. The highest BCUT2D eigenvalue weighted by molar-refractivity contribution is 5.92. The average Bonchev–Trinajstić information content (AvgIpc) is 2.10. The number of carbonyl (C=O) groups is 3. The summed E-state index contributed by atoms with van der Waals surface area (Å²) in [7, 11) is 0. The van der Waals surface area contributed by atoms with Crippen LogP contribution >= 0.6 is 0 Å². The highest BCUT2D eigenvalue weighted by Gasteiger charge is 2.02. The largest absolute Gasteiger partial charge is 0.478 e. The van der Waals surface area contributed by atoms with Gasteiger partial charge in [0.15, 0.2) is 5.78 Å². The molecule has 1 N–H and O–H groups in total. The van der Waals surface area contributed by atoms with E-state index in [-0.39, 0.29) is 18.8 Å². The summed E-state index contributed by atoms with van der Waals surface area (Å²) in [6.45, 7) is 1.34. The first-order valence-electron chi connectivity index (χ1n) is 3.65. The van der Waals surface area contributed by atoms with Crippen molar-refractivity contribution >= 4 is 17.7 Å². The summed E-state index contributed by atoms with van der Waals surface area (Å²) in [5.74, 6) is -2.28. The van der Waals surface area contributed by atoms with Crippen molar-refractivity contribution < 1.29 is 24.2 Å². The molecule has 0 aromatic carbocycles. The van der Waals surface area contributed by atoms with E-state index in [1.807, 2.05) is 0 Å². The van der Waals surface area contributed by atoms with Gasteiger partial charge in [0.05, 0.1) is 0 Å². The van der Waals surface area contributed by atoms with E-state index in [1.54, 1.807) is 6.92 Å². The Kier molecular flexibility index (Phi) is 5.18. The Hall–Kier alpha value is -1.65. The summed E-state index contributed by atoms with van der Waals surface area (Å²) in [5.41, 5.74) is 0. The van der Waals surface area contributed by atoms with Crippen molar-refractivity contribution in [1.29, 1.82) is 0 Å². The van der Waals surface area contributed by atoms with E-state index in [9.17, 15) is 14.4 Å². The van der Waals surface area contributed by atoms with Crippen LogP contribution in [0.4, 0.5) is 0 Å². The van der Waals surface area contributed by atoms with Crippen LogP contribution in [-0.2, 0) is 19.1 Å². The third kappa shape index (κ3) is 6.74. The van der Waals surface area contributed by atoms with Crippen molar-refractivity contribution in [2.24, 2.45) is 0 Å². The minimum atomic E-state index is -1.24. The maximum atomic E-state index is 10.6. The highest BCUT2D eigenvalue weighted by atomic mass is 16.5. The fourth-order valence-electron chi connectivity index (χ4n) is 0.441. The van der Waals surface area contributed by atoms with Crippen molar-refractivity contribution in [1.82, 2.24) is 0 Å². The van der Waals surface area contributed by atoms with E-state index >= 15 is 0 Å². The fourth-order valence-corrected chi connectivity index (χ4v) is 0.441. The molecular formula is C8H10O5. The smallest absolute Gasteiger partial charge is 0.331 e. The Morgan fingerprint density at radius 2 is 1.92 bits per heavy atom. The quantitative estimate of drug-likeness (QED) is 0.488. The molecule has 0 radical (unpaired) electrons. The van der Waals surface area contributed by atoms with Gasteiger partial charge in [-0.15, -0.1) is 0 Å². The number of carboxylic acids is 1. The lowest BCUT2D eigenvalue weighted by Crippen LogP contribution is -2.11. The molecule has 0 heterocycles. The van der Waals surface area contributed by atoms with E-state index in [0.29, 0.717) is 6.08 Å². The number of carbonyl (C=O) groups excluding carboxylic acids is 2. The molecule has 0 aliphatic rings. The van der Waals surface area contributed by atoms with Crippen molar-refractivity contribution in [3.05, 3.63) is 12.2 Å². The molecule has 0 aromatic heterocycles. The number of carboxylic acid groups (broad SMARTS) is 1. The van der Waals surface area contributed by atoms with Gasteiger partial charge in [0.2, 0.25) is 0 Å². The number of hydrogen-bond donors (Lipinski definition) is 1. The van der Waals surface area contributed by atoms with Gasteiger partial charge in [-0.1, -0.05) is 6.92 Å². The maximum absolute atomic E-state index is 10.6. The summed E-state index contributed by atoms with van der Waals surface area (Å²) in [4.78, 5) is 31.2. The van der Waals surface area contributed by atoms with Crippen LogP contribution in [0.1, 0.15) is 13.3 Å². The summed E-state index contributed by atoms with van der Waals surface area (Å²) in [6.07, 6.45) is 1.69. The molecule has 0 unspecified atom stereocenters. The average molecular weight is 186 g/mol. The molecule has 0 atom stereocenters. The predicted molar refractivity (Wildman–Crippen MR) is 43.0 cm³/mol. The number of aliphatic carboxylic acids is 1. The molecule has 0 saturated heterocycles. The second-order valence-electron chi connectivity index (χ2n) is 2.17. The van der Waals surface area contributed by atoms with E-state index in [1.165, 1.54) is 0 Å². The molecule has 0 spiro atoms. The van der Waals surface area contributed by atoms with Gasteiger partial charge < -0.3 is 9.84 Å². The van der Waals surface area contributed by atoms with Crippen LogP contribution in [0.2, 0.25) is 0 Å². The van der Waals surface area contributed by atoms with Gasteiger partial charge in [0, 0.05) is 18.6 Å². The van der Waals surface area contributed by atoms with Crippen molar-refractivity contribution in [2.75, 3.05) is 6.61 Å². The summed E-state index contributed by atoms with van der Waals surface area (Å²) in [5, 5.41) is 8.12. The minimum absolute atomic E-state index is 0.211. The van der Waals surface area contributed by atoms with Gasteiger partial charge in [-0.25, -0.2) is 9.59 Å². The molecule has 72 valence electrons. The van der Waals surface area contributed by atoms with Gasteiger partial charge in [-0.3, -0.25) is 4.79 Å². The van der Waals surface area contributed by atoms with Crippen LogP contribution in [-0.4, -0.2) is 29.4 Å². The topological polar surface area (TPSA) is 80.7 Å². The van der Waals surface area contributed by atoms with Gasteiger partial charge in [-0.2, -0.15) is 0 Å². The van der Waals surface area contributed by atoms with Crippen LogP contribution in [0.5, 0.6) is 0 Å². The molecule has 0 bridgehead atoms. The van der Waals surface area contributed by atoms with Gasteiger partial charge in [0.25, 0.3) is 0 Å². The van der Waals surface area contributed by atoms with Crippen LogP contribution in [0, 0.1) is 0 Å². The number of Topliss-reactive ketones (excluding diaryl/α,β-unsaturated/α-hetero) is 1. The van der Waals surface area contributed by atoms with Gasteiger partial charge >= 0.3 is 11.9 Å². The Morgan fingerprint density at radius 1 is 1.31 bits per heavy atom. The molecule has 0 aromatic rings. The first-order chi connectivity index (χ1) is 6.06. The zero-order valence-corrected chi connectivity index (χ0v) is 7.15. The SMILES string of the molecule is CCC(=O)COC(=O)/C=C/C(=O)O. The zero-order chi connectivity index (χ0) is 10.3. The Balaban J connectivity index is 3.76. The van der Waals surface area contributed by atoms with Crippen LogP contribution in [0.25, 0.3) is 0 Å². The van der Waals surface area contributed by atoms with Crippen molar-refractivity contribution in [2.45, 2.75) is 13.3 Å². The lowest BCUT2D eigenvalue weighted by Gasteiger charge is -1.97. The molecule has 0 amide bonds. The number of esters is 1. The minimum Gasteiger partial charge on any atom is -0.478 e. The summed E-state index contributed by atoms with van der Waals surface area (Å²) < 4.78 is 4.41. The molecule has 0 aliphatic heterocycles. The number of rotatable bonds is 5. The van der Waals surface area contributed by atoms with Crippen LogP contribution in [0.15, 0.2) is 12.2 Å². The maximum Gasteiger partial charge on any atom is 0.331 e. The second-order valence-corrected chi connectivity index (χ2v) is 2.17. The van der Waals surface area contributed by atoms with Crippen molar-refractivity contribution in [3.63, 3.8) is 0 Å².